The monoisotopic (exact) mass is 509 g/mol. The lowest BCUT2D eigenvalue weighted by Gasteiger charge is -2.55. The Hall–Kier alpha value is -3.35. The van der Waals surface area contributed by atoms with Crippen LogP contribution in [0.1, 0.15) is 25.6 Å². The van der Waals surface area contributed by atoms with Crippen LogP contribution >= 0.6 is 11.3 Å². The van der Waals surface area contributed by atoms with Gasteiger partial charge in [0.2, 0.25) is 11.8 Å². The summed E-state index contributed by atoms with van der Waals surface area (Å²) >= 11 is 1.65. The number of urea groups is 1. The number of fused-ring (bicyclic) bond motifs is 1. The maximum absolute atomic E-state index is 13.5. The first kappa shape index (κ1) is 27.2. The summed E-state index contributed by atoms with van der Waals surface area (Å²) in [6.45, 7) is 10.5. The lowest BCUT2D eigenvalue weighted by atomic mass is 9.96. The number of hydrogen-bond acceptors (Lipinski definition) is 5. The second-order valence-electron chi connectivity index (χ2n) is 9.25. The van der Waals surface area contributed by atoms with Crippen molar-refractivity contribution in [1.29, 1.82) is 0 Å². The minimum Gasteiger partial charge on any atom is -0.337 e. The number of amides is 4. The highest BCUT2D eigenvalue weighted by atomic mass is 32.1. The number of hydrazine groups is 1. The van der Waals surface area contributed by atoms with Crippen molar-refractivity contribution in [2.45, 2.75) is 39.4 Å². The molecule has 0 spiro atoms. The highest BCUT2D eigenvalue weighted by Gasteiger charge is 2.52. The van der Waals surface area contributed by atoms with E-state index in [0.717, 1.165) is 12.0 Å². The van der Waals surface area contributed by atoms with Crippen LogP contribution in [0.3, 0.4) is 0 Å². The van der Waals surface area contributed by atoms with E-state index in [1.807, 2.05) is 56.5 Å². The van der Waals surface area contributed by atoms with Crippen LogP contribution in [0.15, 0.2) is 54.0 Å². The fourth-order valence-electron chi connectivity index (χ4n) is 4.55. The van der Waals surface area contributed by atoms with Gasteiger partial charge < -0.3 is 15.1 Å². The number of hydrogen-bond donors (Lipinski definition) is 1. The predicted octanol–water partition coefficient (Wildman–Crippen LogP) is 2.88. The Morgan fingerprint density at radius 1 is 1.36 bits per heavy atom. The van der Waals surface area contributed by atoms with Crippen molar-refractivity contribution < 1.29 is 14.4 Å². The summed E-state index contributed by atoms with van der Waals surface area (Å²) in [5, 5.41) is 8.10. The first-order valence-corrected chi connectivity index (χ1v) is 13.0. The molecule has 0 aliphatic carbocycles. The molecular formula is C27H35N5O3S. The summed E-state index contributed by atoms with van der Waals surface area (Å²) in [7, 11) is 0. The Morgan fingerprint density at radius 3 is 2.78 bits per heavy atom. The Morgan fingerprint density at radius 2 is 2.14 bits per heavy atom. The van der Waals surface area contributed by atoms with Gasteiger partial charge in [-0.05, 0) is 30.7 Å². The van der Waals surface area contributed by atoms with E-state index in [1.165, 1.54) is 9.89 Å². The first-order chi connectivity index (χ1) is 17.3. The van der Waals surface area contributed by atoms with Crippen molar-refractivity contribution in [2.24, 2.45) is 5.92 Å². The fraction of sp³-hybridized carbons (Fsp3) is 0.444. The first-order valence-electron chi connectivity index (χ1n) is 12.1. The largest absolute Gasteiger partial charge is 0.337 e. The summed E-state index contributed by atoms with van der Waals surface area (Å²) in [4.78, 5) is 44.8. The Bertz CT molecular complexity index is 1060. The van der Waals surface area contributed by atoms with Gasteiger partial charge in [0.15, 0.2) is 0 Å². The Labute approximate surface area is 217 Å². The molecule has 0 radical (unpaired) electrons. The molecule has 8 nitrogen and oxygen atoms in total. The van der Waals surface area contributed by atoms with Crippen LogP contribution < -0.4 is 5.32 Å². The van der Waals surface area contributed by atoms with Crippen LogP contribution in [-0.2, 0) is 16.0 Å². The molecule has 4 amide bonds. The summed E-state index contributed by atoms with van der Waals surface area (Å²) in [6, 6.07) is 3.03. The molecule has 3 heterocycles. The quantitative estimate of drug-likeness (QED) is 0.410. The second kappa shape index (κ2) is 12.6. The van der Waals surface area contributed by atoms with Crippen molar-refractivity contribution >= 4 is 29.2 Å². The van der Waals surface area contributed by atoms with Gasteiger partial charge in [0.25, 0.3) is 0 Å². The fourth-order valence-corrected chi connectivity index (χ4v) is 5.25. The minimum absolute atomic E-state index is 0.0588. The summed E-state index contributed by atoms with van der Waals surface area (Å²) < 4.78 is 0. The molecule has 2 aliphatic heterocycles. The number of rotatable bonds is 9. The van der Waals surface area contributed by atoms with Gasteiger partial charge in [0.1, 0.15) is 12.2 Å². The van der Waals surface area contributed by atoms with Gasteiger partial charge in [-0.15, -0.1) is 17.8 Å². The molecule has 0 unspecified atom stereocenters. The van der Waals surface area contributed by atoms with Gasteiger partial charge in [-0.1, -0.05) is 62.3 Å². The number of piperazine rings is 1. The van der Waals surface area contributed by atoms with Crippen LogP contribution in [0.5, 0.6) is 0 Å². The van der Waals surface area contributed by atoms with E-state index in [0.29, 0.717) is 13.1 Å². The third-order valence-electron chi connectivity index (χ3n) is 6.23. The smallest absolute Gasteiger partial charge is 0.334 e. The molecule has 0 saturated carbocycles. The Kier molecular flexibility index (Phi) is 9.51. The number of allylic oxidation sites excluding steroid dienone is 4. The molecule has 2 saturated heterocycles. The SMILES string of the molecule is C#CCN1CC(=O)N2[C@@H](C(C)C)C(=O)N(CCc3cccs3)C[C@@H]2N1C(=O)NC/C(C)=C/C=C\C=C. The molecule has 1 aromatic rings. The third kappa shape index (κ3) is 6.25. The van der Waals surface area contributed by atoms with Crippen molar-refractivity contribution in [1.82, 2.24) is 25.1 Å². The van der Waals surface area contributed by atoms with E-state index < -0.39 is 12.2 Å². The third-order valence-corrected chi connectivity index (χ3v) is 7.17. The molecule has 2 aliphatic rings. The van der Waals surface area contributed by atoms with Crippen LogP contribution in [0.2, 0.25) is 0 Å². The van der Waals surface area contributed by atoms with Gasteiger partial charge in [-0.2, -0.15) is 5.01 Å². The van der Waals surface area contributed by atoms with E-state index in [4.69, 9.17) is 6.42 Å². The highest BCUT2D eigenvalue weighted by molar-refractivity contribution is 7.09. The van der Waals surface area contributed by atoms with E-state index >= 15 is 0 Å². The predicted molar refractivity (Wildman–Crippen MR) is 143 cm³/mol. The van der Waals surface area contributed by atoms with E-state index in [-0.39, 0.29) is 43.4 Å². The van der Waals surface area contributed by atoms with Crippen LogP contribution in [0, 0.1) is 18.3 Å². The maximum Gasteiger partial charge on any atom is 0.334 e. The van der Waals surface area contributed by atoms with Crippen LogP contribution in [0.25, 0.3) is 0 Å². The molecule has 0 aromatic carbocycles. The zero-order valence-corrected chi connectivity index (χ0v) is 22.0. The van der Waals surface area contributed by atoms with Crippen molar-refractivity contribution in [3.05, 3.63) is 58.8 Å². The highest BCUT2D eigenvalue weighted by Crippen LogP contribution is 2.30. The summed E-state index contributed by atoms with van der Waals surface area (Å²) in [5.74, 6) is 2.17. The summed E-state index contributed by atoms with van der Waals surface area (Å²) in [5.41, 5.74) is 0.950. The van der Waals surface area contributed by atoms with Crippen LogP contribution in [0.4, 0.5) is 4.79 Å². The number of carbonyl (C=O) groups excluding carboxylic acids is 3. The second-order valence-corrected chi connectivity index (χ2v) is 10.3. The van der Waals surface area contributed by atoms with E-state index in [2.05, 4.69) is 17.8 Å². The zero-order valence-electron chi connectivity index (χ0n) is 21.2. The minimum atomic E-state index is -0.645. The van der Waals surface area contributed by atoms with E-state index in [9.17, 15) is 14.4 Å². The van der Waals surface area contributed by atoms with Crippen LogP contribution in [-0.4, -0.2) is 82.6 Å². The Balaban J connectivity index is 1.88. The number of carbonyl (C=O) groups is 3. The molecule has 3 rings (SSSR count). The number of thiophene rings is 1. The standard InChI is InChI=1S/C27H35N5O3S/c1-6-8-9-11-21(5)17-28-27(35)32-23-18-29(15-13-22-12-10-16-36-22)26(34)25(20(3)4)31(23)24(33)19-30(32)14-7-2/h2,6,8-12,16,20,23,25H,1,13-15,17-19H2,3-5H3,(H,28,35)/b9-8-,21-11+/t23-,25-/m0/s1. The molecule has 1 aromatic heterocycles. The molecule has 0 bridgehead atoms. The average Bonchev–Trinajstić information content (AvgIpc) is 3.35. The zero-order chi connectivity index (χ0) is 26.2. The topological polar surface area (TPSA) is 76.2 Å². The number of nitrogens with one attached hydrogen (secondary N) is 1. The molecule has 2 atom stereocenters. The number of nitrogens with zero attached hydrogens (tertiary/aromatic N) is 4. The maximum atomic E-state index is 13.5. The molecule has 2 fully saturated rings. The lowest BCUT2D eigenvalue weighted by Crippen LogP contribution is -2.77. The van der Waals surface area contributed by atoms with Crippen molar-refractivity contribution in [3.63, 3.8) is 0 Å². The normalized spacial score (nSPS) is 21.2. The molecule has 192 valence electrons. The van der Waals surface area contributed by atoms with Crippen molar-refractivity contribution in [2.75, 3.05) is 32.7 Å². The summed E-state index contributed by atoms with van der Waals surface area (Å²) in [6.07, 6.45) is 12.9. The lowest BCUT2D eigenvalue weighted by molar-refractivity contribution is -0.191. The van der Waals surface area contributed by atoms with Gasteiger partial charge in [0, 0.05) is 18.0 Å². The van der Waals surface area contributed by atoms with Crippen molar-refractivity contribution in [3.8, 4) is 12.3 Å². The van der Waals surface area contributed by atoms with Gasteiger partial charge in [0.05, 0.1) is 19.6 Å². The molecular weight excluding hydrogens is 474 g/mol. The number of terminal acetylenes is 1. The molecule has 36 heavy (non-hydrogen) atoms. The molecule has 1 N–H and O–H groups in total. The van der Waals surface area contributed by atoms with Gasteiger partial charge in [-0.3, -0.25) is 9.59 Å². The van der Waals surface area contributed by atoms with Gasteiger partial charge >= 0.3 is 6.03 Å². The van der Waals surface area contributed by atoms with E-state index in [1.54, 1.807) is 32.2 Å². The van der Waals surface area contributed by atoms with Gasteiger partial charge in [-0.25, -0.2) is 9.80 Å². The molecule has 9 heteroatoms. The average molecular weight is 510 g/mol.